The molecule has 4 aromatic rings. The van der Waals surface area contributed by atoms with Crippen LogP contribution in [0.15, 0.2) is 63.8 Å². The van der Waals surface area contributed by atoms with E-state index in [1.165, 1.54) is 0 Å². The monoisotopic (exact) mass is 458 g/mol. The zero-order valence-electron chi connectivity index (χ0n) is 18.7. The number of para-hydroxylation sites is 2. The van der Waals surface area contributed by atoms with Crippen LogP contribution in [0.2, 0.25) is 0 Å². The highest BCUT2D eigenvalue weighted by atomic mass is 16.5. The molecule has 9 heteroatoms. The maximum atomic E-state index is 12.6. The van der Waals surface area contributed by atoms with Gasteiger partial charge in [-0.05, 0) is 37.1 Å². The lowest BCUT2D eigenvalue weighted by molar-refractivity contribution is -0.147. The first-order valence-electron chi connectivity index (χ1n) is 10.6. The Morgan fingerprint density at radius 1 is 1.06 bits per heavy atom. The second-order valence-electron chi connectivity index (χ2n) is 7.75. The molecule has 0 atom stereocenters. The van der Waals surface area contributed by atoms with E-state index in [0.29, 0.717) is 29.0 Å². The van der Waals surface area contributed by atoms with Crippen molar-refractivity contribution in [2.45, 2.75) is 26.9 Å². The van der Waals surface area contributed by atoms with Crippen LogP contribution < -0.4 is 11.1 Å². The molecule has 0 aliphatic rings. The molecular formula is C25H22N4O5. The topological polar surface area (TPSA) is 119 Å². The van der Waals surface area contributed by atoms with Gasteiger partial charge >= 0.3 is 11.7 Å². The highest BCUT2D eigenvalue weighted by molar-refractivity contribution is 5.93. The molecule has 2 aromatic heterocycles. The Bertz CT molecular complexity index is 1470. The van der Waals surface area contributed by atoms with E-state index in [0.717, 1.165) is 21.4 Å². The Labute approximate surface area is 194 Å². The summed E-state index contributed by atoms with van der Waals surface area (Å²) in [7, 11) is 0. The summed E-state index contributed by atoms with van der Waals surface area (Å²) in [5, 5.41) is 12.4. The molecule has 1 amide bonds. The lowest BCUT2D eigenvalue weighted by atomic mass is 10.2. The number of anilines is 1. The van der Waals surface area contributed by atoms with Gasteiger partial charge in [-0.3, -0.25) is 14.2 Å². The Morgan fingerprint density at radius 3 is 2.50 bits per heavy atom. The standard InChI is InChI=1S/C25H22N4O5/c1-16-17(2)28(13-18-8-4-3-5-9-18)24(19(16)12-26)27-22(30)15-33-23(31)14-29-20-10-6-7-11-21(20)34-25(29)32/h3-11H,13-15H2,1-2H3,(H,27,30). The predicted molar refractivity (Wildman–Crippen MR) is 124 cm³/mol. The van der Waals surface area contributed by atoms with E-state index in [9.17, 15) is 19.6 Å². The van der Waals surface area contributed by atoms with Crippen molar-refractivity contribution in [1.82, 2.24) is 9.13 Å². The number of oxazole rings is 1. The second kappa shape index (κ2) is 9.50. The Morgan fingerprint density at radius 2 is 1.76 bits per heavy atom. The second-order valence-corrected chi connectivity index (χ2v) is 7.75. The maximum Gasteiger partial charge on any atom is 0.420 e. The fourth-order valence-electron chi connectivity index (χ4n) is 3.75. The van der Waals surface area contributed by atoms with Gasteiger partial charge < -0.3 is 19.0 Å². The number of nitrogens with one attached hydrogen (secondary N) is 1. The van der Waals surface area contributed by atoms with Gasteiger partial charge in [0.15, 0.2) is 12.2 Å². The molecule has 34 heavy (non-hydrogen) atoms. The van der Waals surface area contributed by atoms with Gasteiger partial charge in [0, 0.05) is 12.2 Å². The van der Waals surface area contributed by atoms with E-state index in [4.69, 9.17) is 9.15 Å². The molecule has 172 valence electrons. The van der Waals surface area contributed by atoms with Gasteiger partial charge in [0.05, 0.1) is 11.1 Å². The van der Waals surface area contributed by atoms with Crippen LogP contribution >= 0.6 is 0 Å². The van der Waals surface area contributed by atoms with Crippen LogP contribution in [0.25, 0.3) is 11.1 Å². The minimum absolute atomic E-state index is 0.347. The summed E-state index contributed by atoms with van der Waals surface area (Å²) >= 11 is 0. The quantitative estimate of drug-likeness (QED) is 0.425. The molecule has 0 unspecified atom stereocenters. The zero-order chi connectivity index (χ0) is 24.2. The van der Waals surface area contributed by atoms with E-state index in [1.807, 2.05) is 48.7 Å². The third-order valence-corrected chi connectivity index (χ3v) is 5.61. The first-order valence-corrected chi connectivity index (χ1v) is 10.6. The minimum atomic E-state index is -0.767. The van der Waals surface area contributed by atoms with Crippen LogP contribution in [0.1, 0.15) is 22.4 Å². The largest absolute Gasteiger partial charge is 0.454 e. The van der Waals surface area contributed by atoms with Crippen LogP contribution in [0.3, 0.4) is 0 Å². The number of carbonyl (C=O) groups excluding carboxylic acids is 2. The van der Waals surface area contributed by atoms with Crippen LogP contribution in [0, 0.1) is 25.2 Å². The number of ether oxygens (including phenoxy) is 1. The lowest BCUT2D eigenvalue weighted by Gasteiger charge is -2.13. The van der Waals surface area contributed by atoms with Gasteiger partial charge in [0.1, 0.15) is 18.4 Å². The van der Waals surface area contributed by atoms with Crippen molar-refractivity contribution in [3.8, 4) is 6.07 Å². The molecule has 2 aromatic carbocycles. The van der Waals surface area contributed by atoms with Crippen molar-refractivity contribution in [3.05, 3.63) is 87.5 Å². The summed E-state index contributed by atoms with van der Waals surface area (Å²) in [5.74, 6) is -1.71. The average molecular weight is 458 g/mol. The minimum Gasteiger partial charge on any atom is -0.454 e. The molecule has 2 heterocycles. The third kappa shape index (κ3) is 4.47. The molecule has 0 aliphatic carbocycles. The molecular weight excluding hydrogens is 436 g/mol. The first kappa shape index (κ1) is 22.6. The number of hydrogen-bond donors (Lipinski definition) is 1. The normalized spacial score (nSPS) is 10.7. The van der Waals surface area contributed by atoms with E-state index in [2.05, 4.69) is 11.4 Å². The maximum absolute atomic E-state index is 12.6. The number of fused-ring (bicyclic) bond motifs is 1. The molecule has 0 aliphatic heterocycles. The molecule has 0 radical (unpaired) electrons. The fourth-order valence-corrected chi connectivity index (χ4v) is 3.75. The summed E-state index contributed by atoms with van der Waals surface area (Å²) in [6.45, 7) is 3.19. The van der Waals surface area contributed by atoms with Crippen LogP contribution in [0.4, 0.5) is 5.82 Å². The highest BCUT2D eigenvalue weighted by Gasteiger charge is 2.21. The summed E-state index contributed by atoms with van der Waals surface area (Å²) in [5.41, 5.74) is 3.77. The molecule has 0 saturated carbocycles. The highest BCUT2D eigenvalue weighted by Crippen LogP contribution is 2.27. The molecule has 0 spiro atoms. The third-order valence-electron chi connectivity index (χ3n) is 5.61. The number of benzene rings is 2. The smallest absolute Gasteiger partial charge is 0.420 e. The van der Waals surface area contributed by atoms with Gasteiger partial charge in [-0.1, -0.05) is 42.5 Å². The molecule has 4 rings (SSSR count). The van der Waals surface area contributed by atoms with Crippen molar-refractivity contribution in [2.24, 2.45) is 0 Å². The average Bonchev–Trinajstić information content (AvgIpc) is 3.26. The first-order chi connectivity index (χ1) is 16.4. The number of hydrogen-bond acceptors (Lipinski definition) is 6. The SMILES string of the molecule is Cc1c(C#N)c(NC(=O)COC(=O)Cn2c(=O)oc3ccccc32)n(Cc2ccccc2)c1C. The number of aromatic nitrogens is 2. The number of amides is 1. The van der Waals surface area contributed by atoms with Crippen LogP contribution in [-0.4, -0.2) is 27.6 Å². The van der Waals surface area contributed by atoms with Crippen molar-refractivity contribution >= 4 is 28.8 Å². The van der Waals surface area contributed by atoms with Crippen molar-refractivity contribution in [3.63, 3.8) is 0 Å². The van der Waals surface area contributed by atoms with Gasteiger partial charge in [-0.15, -0.1) is 0 Å². The van der Waals surface area contributed by atoms with Gasteiger partial charge in [0.2, 0.25) is 0 Å². The van der Waals surface area contributed by atoms with Gasteiger partial charge in [-0.25, -0.2) is 4.79 Å². The lowest BCUT2D eigenvalue weighted by Crippen LogP contribution is -2.26. The summed E-state index contributed by atoms with van der Waals surface area (Å²) in [6.07, 6.45) is 0. The molecule has 0 bridgehead atoms. The van der Waals surface area contributed by atoms with E-state index in [-0.39, 0.29) is 0 Å². The molecule has 0 fully saturated rings. The van der Waals surface area contributed by atoms with Gasteiger partial charge in [-0.2, -0.15) is 5.26 Å². The van der Waals surface area contributed by atoms with Crippen molar-refractivity contribution < 1.29 is 18.7 Å². The summed E-state index contributed by atoms with van der Waals surface area (Å²) < 4.78 is 13.2. The molecule has 9 nitrogen and oxygen atoms in total. The van der Waals surface area contributed by atoms with Crippen molar-refractivity contribution in [2.75, 3.05) is 11.9 Å². The number of nitriles is 1. The van der Waals surface area contributed by atoms with Crippen molar-refractivity contribution in [1.29, 1.82) is 5.26 Å². The van der Waals surface area contributed by atoms with Gasteiger partial charge in [0.25, 0.3) is 5.91 Å². The van der Waals surface area contributed by atoms with E-state index < -0.39 is 30.8 Å². The number of carbonyl (C=O) groups is 2. The fraction of sp³-hybridized carbons (Fsp3) is 0.200. The Hall–Kier alpha value is -4.58. The molecule has 0 saturated heterocycles. The Kier molecular flexibility index (Phi) is 6.32. The van der Waals surface area contributed by atoms with Crippen LogP contribution in [-0.2, 0) is 27.4 Å². The van der Waals surface area contributed by atoms with Crippen LogP contribution in [0.5, 0.6) is 0 Å². The van der Waals surface area contributed by atoms with E-state index in [1.54, 1.807) is 24.3 Å². The number of esters is 1. The summed E-state index contributed by atoms with van der Waals surface area (Å²) in [4.78, 5) is 36.9. The zero-order valence-corrected chi connectivity index (χ0v) is 18.7. The Balaban J connectivity index is 1.46. The summed E-state index contributed by atoms with van der Waals surface area (Å²) in [6, 6.07) is 18.5. The molecule has 1 N–H and O–H groups in total. The predicted octanol–water partition coefficient (Wildman–Crippen LogP) is 3.11. The number of rotatable bonds is 7. The number of nitrogens with zero attached hydrogens (tertiary/aromatic N) is 3. The van der Waals surface area contributed by atoms with E-state index >= 15 is 0 Å².